The standard InChI is InChI=1S/C12H21NOS/c1-12(2,3)7-10(14)9(8-13)11-5-4-6-15-11/h4-6,9-10,14H,7-8,13H2,1-3H3. The maximum Gasteiger partial charge on any atom is 0.0633 e. The average Bonchev–Trinajstić information content (AvgIpc) is 2.54. The summed E-state index contributed by atoms with van der Waals surface area (Å²) in [6.45, 7) is 6.92. The van der Waals surface area contributed by atoms with Crippen molar-refractivity contribution in [1.82, 2.24) is 0 Å². The first-order valence-electron chi connectivity index (χ1n) is 5.35. The molecule has 0 saturated carbocycles. The largest absolute Gasteiger partial charge is 0.392 e. The Bertz CT molecular complexity index is 276. The predicted octanol–water partition coefficient (Wildman–Crippen LogP) is 2.59. The minimum Gasteiger partial charge on any atom is -0.392 e. The molecule has 0 fully saturated rings. The van der Waals surface area contributed by atoms with Crippen molar-refractivity contribution >= 4 is 11.3 Å². The van der Waals surface area contributed by atoms with Crippen LogP contribution in [-0.4, -0.2) is 17.8 Å². The summed E-state index contributed by atoms with van der Waals surface area (Å²) < 4.78 is 0. The van der Waals surface area contributed by atoms with Gasteiger partial charge in [0.25, 0.3) is 0 Å². The molecule has 0 bridgehead atoms. The quantitative estimate of drug-likeness (QED) is 0.830. The van der Waals surface area contributed by atoms with Crippen LogP contribution in [0.25, 0.3) is 0 Å². The van der Waals surface area contributed by atoms with E-state index in [1.807, 2.05) is 17.5 Å². The van der Waals surface area contributed by atoms with Crippen molar-refractivity contribution in [2.24, 2.45) is 11.1 Å². The van der Waals surface area contributed by atoms with Gasteiger partial charge in [-0.2, -0.15) is 0 Å². The molecule has 0 aliphatic carbocycles. The number of hydrogen-bond acceptors (Lipinski definition) is 3. The van der Waals surface area contributed by atoms with Crippen molar-refractivity contribution in [3.8, 4) is 0 Å². The highest BCUT2D eigenvalue weighted by Gasteiger charge is 2.25. The third-order valence-corrected chi connectivity index (χ3v) is 3.45. The fraction of sp³-hybridized carbons (Fsp3) is 0.667. The van der Waals surface area contributed by atoms with E-state index < -0.39 is 0 Å². The summed E-state index contributed by atoms with van der Waals surface area (Å²) in [5.74, 6) is 0.0872. The minimum atomic E-state index is -0.339. The Balaban J connectivity index is 2.67. The van der Waals surface area contributed by atoms with Crippen molar-refractivity contribution in [3.05, 3.63) is 22.4 Å². The Hall–Kier alpha value is -0.380. The molecule has 1 aromatic rings. The van der Waals surface area contributed by atoms with Crippen LogP contribution in [0.2, 0.25) is 0 Å². The average molecular weight is 227 g/mol. The van der Waals surface area contributed by atoms with Crippen molar-refractivity contribution in [3.63, 3.8) is 0 Å². The normalized spacial score (nSPS) is 16.3. The number of thiophene rings is 1. The van der Waals surface area contributed by atoms with Crippen molar-refractivity contribution in [1.29, 1.82) is 0 Å². The summed E-state index contributed by atoms with van der Waals surface area (Å²) in [4.78, 5) is 1.19. The molecule has 0 spiro atoms. The van der Waals surface area contributed by atoms with E-state index in [4.69, 9.17) is 5.73 Å². The van der Waals surface area contributed by atoms with Crippen LogP contribution < -0.4 is 5.73 Å². The molecule has 3 N–H and O–H groups in total. The first kappa shape index (κ1) is 12.7. The van der Waals surface area contributed by atoms with Gasteiger partial charge in [0.05, 0.1) is 6.10 Å². The van der Waals surface area contributed by atoms with E-state index >= 15 is 0 Å². The van der Waals surface area contributed by atoms with Gasteiger partial charge < -0.3 is 10.8 Å². The Morgan fingerprint density at radius 2 is 2.13 bits per heavy atom. The summed E-state index contributed by atoms with van der Waals surface area (Å²) in [5.41, 5.74) is 5.87. The number of aliphatic hydroxyl groups is 1. The molecule has 0 aliphatic rings. The van der Waals surface area contributed by atoms with Gasteiger partial charge in [-0.3, -0.25) is 0 Å². The lowest BCUT2D eigenvalue weighted by molar-refractivity contribution is 0.0982. The van der Waals surface area contributed by atoms with Gasteiger partial charge >= 0.3 is 0 Å². The fourth-order valence-corrected chi connectivity index (χ4v) is 2.63. The number of nitrogens with two attached hydrogens (primary N) is 1. The number of hydrogen-bond donors (Lipinski definition) is 2. The molecule has 0 amide bonds. The van der Waals surface area contributed by atoms with E-state index in [1.54, 1.807) is 11.3 Å². The van der Waals surface area contributed by atoms with Gasteiger partial charge in [0.2, 0.25) is 0 Å². The van der Waals surface area contributed by atoms with Crippen LogP contribution in [0.15, 0.2) is 17.5 Å². The molecule has 2 nitrogen and oxygen atoms in total. The van der Waals surface area contributed by atoms with E-state index in [0.717, 1.165) is 6.42 Å². The monoisotopic (exact) mass is 227 g/mol. The van der Waals surface area contributed by atoms with Crippen LogP contribution in [0.5, 0.6) is 0 Å². The van der Waals surface area contributed by atoms with Crippen molar-refractivity contribution in [2.45, 2.75) is 39.2 Å². The molecule has 1 rings (SSSR count). The lowest BCUT2D eigenvalue weighted by atomic mass is 9.84. The van der Waals surface area contributed by atoms with E-state index in [1.165, 1.54) is 4.88 Å². The fourth-order valence-electron chi connectivity index (χ4n) is 1.73. The molecular weight excluding hydrogens is 206 g/mol. The first-order chi connectivity index (χ1) is 6.94. The lowest BCUT2D eigenvalue weighted by Crippen LogP contribution is -2.29. The summed E-state index contributed by atoms with van der Waals surface area (Å²) in [7, 11) is 0. The molecule has 15 heavy (non-hydrogen) atoms. The Kier molecular flexibility index (Phi) is 4.32. The molecule has 86 valence electrons. The maximum absolute atomic E-state index is 10.1. The zero-order valence-electron chi connectivity index (χ0n) is 9.73. The second kappa shape index (κ2) is 5.10. The highest BCUT2D eigenvalue weighted by atomic mass is 32.1. The van der Waals surface area contributed by atoms with Crippen LogP contribution >= 0.6 is 11.3 Å². The molecule has 3 heteroatoms. The number of rotatable bonds is 4. The Labute approximate surface area is 96.1 Å². The second-order valence-electron chi connectivity index (χ2n) is 5.19. The molecule has 0 aliphatic heterocycles. The molecule has 0 aromatic carbocycles. The van der Waals surface area contributed by atoms with E-state index in [9.17, 15) is 5.11 Å². The molecule has 0 radical (unpaired) electrons. The van der Waals surface area contributed by atoms with Gasteiger partial charge in [0.1, 0.15) is 0 Å². The van der Waals surface area contributed by atoms with Gasteiger partial charge in [0, 0.05) is 17.3 Å². The lowest BCUT2D eigenvalue weighted by Gasteiger charge is -2.27. The predicted molar refractivity (Wildman–Crippen MR) is 66.2 cm³/mol. The molecule has 1 aromatic heterocycles. The third-order valence-electron chi connectivity index (χ3n) is 2.45. The number of aliphatic hydroxyl groups excluding tert-OH is 1. The van der Waals surface area contributed by atoms with Gasteiger partial charge in [-0.15, -0.1) is 11.3 Å². The zero-order valence-corrected chi connectivity index (χ0v) is 10.6. The van der Waals surface area contributed by atoms with Gasteiger partial charge in [0.15, 0.2) is 0 Å². The highest BCUT2D eigenvalue weighted by molar-refractivity contribution is 7.10. The summed E-state index contributed by atoms with van der Waals surface area (Å²) in [5, 5.41) is 12.2. The van der Waals surface area contributed by atoms with Gasteiger partial charge in [-0.05, 0) is 23.3 Å². The van der Waals surface area contributed by atoms with Crippen LogP contribution in [-0.2, 0) is 0 Å². The smallest absolute Gasteiger partial charge is 0.0633 e. The summed E-state index contributed by atoms with van der Waals surface area (Å²) in [6, 6.07) is 4.06. The summed E-state index contributed by atoms with van der Waals surface area (Å²) >= 11 is 1.67. The highest BCUT2D eigenvalue weighted by Crippen LogP contribution is 2.30. The van der Waals surface area contributed by atoms with Crippen LogP contribution in [0, 0.1) is 5.41 Å². The second-order valence-corrected chi connectivity index (χ2v) is 6.17. The third kappa shape index (κ3) is 3.93. The molecular formula is C12H21NOS. The Morgan fingerprint density at radius 1 is 1.47 bits per heavy atom. The SMILES string of the molecule is CC(C)(C)CC(O)C(CN)c1cccs1. The molecule has 1 heterocycles. The van der Waals surface area contributed by atoms with Crippen molar-refractivity contribution in [2.75, 3.05) is 6.54 Å². The Morgan fingerprint density at radius 3 is 2.53 bits per heavy atom. The molecule has 0 saturated heterocycles. The first-order valence-corrected chi connectivity index (χ1v) is 6.23. The molecule has 2 unspecified atom stereocenters. The van der Waals surface area contributed by atoms with Crippen molar-refractivity contribution < 1.29 is 5.11 Å². The van der Waals surface area contributed by atoms with Gasteiger partial charge in [-0.25, -0.2) is 0 Å². The molecule has 2 atom stereocenters. The van der Waals surface area contributed by atoms with E-state index in [2.05, 4.69) is 20.8 Å². The van der Waals surface area contributed by atoms with Crippen LogP contribution in [0.3, 0.4) is 0 Å². The van der Waals surface area contributed by atoms with E-state index in [0.29, 0.717) is 6.54 Å². The van der Waals surface area contributed by atoms with E-state index in [-0.39, 0.29) is 17.4 Å². The van der Waals surface area contributed by atoms with Gasteiger partial charge in [-0.1, -0.05) is 26.8 Å². The maximum atomic E-state index is 10.1. The van der Waals surface area contributed by atoms with Crippen LogP contribution in [0.4, 0.5) is 0 Å². The zero-order chi connectivity index (χ0) is 11.5. The topological polar surface area (TPSA) is 46.2 Å². The summed E-state index contributed by atoms with van der Waals surface area (Å²) in [6.07, 6.45) is 0.445. The minimum absolute atomic E-state index is 0.0872. The van der Waals surface area contributed by atoms with Crippen LogP contribution in [0.1, 0.15) is 38.0 Å².